The van der Waals surface area contributed by atoms with Crippen LogP contribution in [0.1, 0.15) is 23.0 Å². The quantitative estimate of drug-likeness (QED) is 0.789. The average Bonchev–Trinajstić information content (AvgIpc) is 2.48. The number of carboxylic acids is 1. The van der Waals surface area contributed by atoms with E-state index in [1.807, 2.05) is 0 Å². The number of phenolic OH excluding ortho intramolecular Hbond substituents is 1. The van der Waals surface area contributed by atoms with Gasteiger partial charge < -0.3 is 19.7 Å². The Morgan fingerprint density at radius 2 is 2.09 bits per heavy atom. The molecule has 1 N–H and O–H groups in total. The van der Waals surface area contributed by atoms with Crippen molar-refractivity contribution in [3.63, 3.8) is 0 Å². The third-order valence-electron chi connectivity index (χ3n) is 2.98. The molecule has 22 heavy (non-hydrogen) atoms. The molecule has 1 unspecified atom stereocenters. The van der Waals surface area contributed by atoms with Gasteiger partial charge in [0.05, 0.1) is 18.0 Å². The van der Waals surface area contributed by atoms with Crippen molar-refractivity contribution in [1.82, 2.24) is 4.98 Å². The second-order valence-corrected chi connectivity index (χ2v) is 4.68. The minimum Gasteiger partial charge on any atom is -0.546 e. The first-order valence-corrected chi connectivity index (χ1v) is 6.61. The van der Waals surface area contributed by atoms with E-state index in [0.29, 0.717) is 5.69 Å². The SMILES string of the molecule is CC(Oc1ccc(C(=O)Cc2ccccn2)c(O)c1)C(=O)[O-]. The summed E-state index contributed by atoms with van der Waals surface area (Å²) < 4.78 is 5.06. The van der Waals surface area contributed by atoms with Crippen LogP contribution in [-0.2, 0) is 11.2 Å². The summed E-state index contributed by atoms with van der Waals surface area (Å²) in [5, 5.41) is 20.5. The molecule has 0 bridgehead atoms. The maximum atomic E-state index is 12.1. The minimum absolute atomic E-state index is 0.0596. The number of hydrogen-bond donors (Lipinski definition) is 1. The topological polar surface area (TPSA) is 99.6 Å². The van der Waals surface area contributed by atoms with E-state index in [2.05, 4.69) is 4.98 Å². The highest BCUT2D eigenvalue weighted by atomic mass is 16.5. The van der Waals surface area contributed by atoms with Crippen LogP contribution in [0.5, 0.6) is 11.5 Å². The molecule has 0 fully saturated rings. The number of ketones is 1. The Morgan fingerprint density at radius 3 is 2.68 bits per heavy atom. The van der Waals surface area contributed by atoms with Gasteiger partial charge in [0.2, 0.25) is 0 Å². The molecule has 0 radical (unpaired) electrons. The highest BCUT2D eigenvalue weighted by Gasteiger charge is 2.14. The molecular weight excluding hydrogens is 286 g/mol. The van der Waals surface area contributed by atoms with Gasteiger partial charge in [-0.1, -0.05) is 6.07 Å². The van der Waals surface area contributed by atoms with Crippen LogP contribution in [0.25, 0.3) is 0 Å². The molecule has 6 heteroatoms. The number of carbonyl (C=O) groups excluding carboxylic acids is 2. The Hall–Kier alpha value is -2.89. The molecule has 6 nitrogen and oxygen atoms in total. The minimum atomic E-state index is -1.37. The molecule has 0 amide bonds. The number of rotatable bonds is 6. The molecule has 0 aliphatic heterocycles. The number of pyridine rings is 1. The number of aromatic hydroxyl groups is 1. The lowest BCUT2D eigenvalue weighted by molar-refractivity contribution is -0.312. The first kappa shape index (κ1) is 15.5. The van der Waals surface area contributed by atoms with E-state index in [9.17, 15) is 19.8 Å². The van der Waals surface area contributed by atoms with Gasteiger partial charge in [0, 0.05) is 18.0 Å². The fourth-order valence-electron chi connectivity index (χ4n) is 1.84. The van der Waals surface area contributed by atoms with Gasteiger partial charge in [-0.15, -0.1) is 0 Å². The normalized spacial score (nSPS) is 11.7. The van der Waals surface area contributed by atoms with Gasteiger partial charge in [-0.2, -0.15) is 0 Å². The number of Topliss-reactive ketones (excluding diaryl/α,β-unsaturated/α-hetero) is 1. The second kappa shape index (κ2) is 6.71. The molecule has 1 aromatic carbocycles. The third-order valence-corrected chi connectivity index (χ3v) is 2.98. The summed E-state index contributed by atoms with van der Waals surface area (Å²) in [6.07, 6.45) is 0.486. The summed E-state index contributed by atoms with van der Waals surface area (Å²) in [6, 6.07) is 9.24. The van der Waals surface area contributed by atoms with Crippen molar-refractivity contribution >= 4 is 11.8 Å². The maximum absolute atomic E-state index is 12.1. The Labute approximate surface area is 127 Å². The van der Waals surface area contributed by atoms with Crippen molar-refractivity contribution < 1.29 is 24.5 Å². The van der Waals surface area contributed by atoms with Crippen LogP contribution in [0.2, 0.25) is 0 Å². The van der Waals surface area contributed by atoms with Crippen molar-refractivity contribution in [2.24, 2.45) is 0 Å². The molecule has 2 aromatic rings. The van der Waals surface area contributed by atoms with Crippen molar-refractivity contribution in [3.05, 3.63) is 53.9 Å². The van der Waals surface area contributed by atoms with E-state index < -0.39 is 12.1 Å². The molecular formula is C16H14NO5-. The molecule has 1 heterocycles. The van der Waals surface area contributed by atoms with Crippen molar-refractivity contribution in [3.8, 4) is 11.5 Å². The van der Waals surface area contributed by atoms with Gasteiger partial charge in [-0.25, -0.2) is 0 Å². The lowest BCUT2D eigenvalue weighted by Gasteiger charge is -2.16. The highest BCUT2D eigenvalue weighted by Crippen LogP contribution is 2.25. The van der Waals surface area contributed by atoms with Crippen LogP contribution in [0.4, 0.5) is 0 Å². The average molecular weight is 300 g/mol. The zero-order valence-corrected chi connectivity index (χ0v) is 11.9. The van der Waals surface area contributed by atoms with Crippen LogP contribution < -0.4 is 9.84 Å². The van der Waals surface area contributed by atoms with Crippen LogP contribution in [0, 0.1) is 0 Å². The number of hydrogen-bond acceptors (Lipinski definition) is 6. The molecule has 0 aliphatic rings. The second-order valence-electron chi connectivity index (χ2n) is 4.68. The van der Waals surface area contributed by atoms with Crippen molar-refractivity contribution in [2.75, 3.05) is 0 Å². The number of phenols is 1. The Balaban J connectivity index is 2.12. The third kappa shape index (κ3) is 3.82. The van der Waals surface area contributed by atoms with Crippen LogP contribution in [0.15, 0.2) is 42.6 Å². The summed E-state index contributed by atoms with van der Waals surface area (Å²) in [4.78, 5) is 26.8. The Kier molecular flexibility index (Phi) is 4.73. The fraction of sp³-hybridized carbons (Fsp3) is 0.188. The number of aromatic nitrogens is 1. The van der Waals surface area contributed by atoms with Gasteiger partial charge in [-0.05, 0) is 31.2 Å². The van der Waals surface area contributed by atoms with Gasteiger partial charge in [0.15, 0.2) is 5.78 Å². The lowest BCUT2D eigenvalue weighted by atomic mass is 10.0. The zero-order valence-electron chi connectivity index (χ0n) is 11.9. The standard InChI is InChI=1S/C16H15NO5/c1-10(16(20)21)22-12-5-6-13(15(19)9-12)14(18)8-11-4-2-3-7-17-11/h2-7,9-10,19H,8H2,1H3,(H,20,21)/p-1. The number of nitrogens with zero attached hydrogens (tertiary/aromatic N) is 1. The summed E-state index contributed by atoms with van der Waals surface area (Å²) in [5.41, 5.74) is 0.719. The molecule has 2 rings (SSSR count). The molecule has 0 aliphatic carbocycles. The van der Waals surface area contributed by atoms with Crippen LogP contribution in [-0.4, -0.2) is 27.9 Å². The molecule has 1 atom stereocenters. The smallest absolute Gasteiger partial charge is 0.172 e. The van der Waals surface area contributed by atoms with Gasteiger partial charge >= 0.3 is 0 Å². The van der Waals surface area contributed by atoms with Gasteiger partial charge in [0.1, 0.15) is 17.6 Å². The molecule has 0 saturated heterocycles. The Morgan fingerprint density at radius 1 is 1.32 bits per heavy atom. The van der Waals surface area contributed by atoms with E-state index in [0.717, 1.165) is 0 Å². The van der Waals surface area contributed by atoms with E-state index in [4.69, 9.17) is 4.74 Å². The monoisotopic (exact) mass is 300 g/mol. The van der Waals surface area contributed by atoms with E-state index in [1.165, 1.54) is 25.1 Å². The predicted octanol–water partition coefficient (Wildman–Crippen LogP) is 0.730. The predicted molar refractivity (Wildman–Crippen MR) is 75.5 cm³/mol. The highest BCUT2D eigenvalue weighted by molar-refractivity contribution is 5.99. The van der Waals surface area contributed by atoms with Crippen molar-refractivity contribution in [1.29, 1.82) is 0 Å². The summed E-state index contributed by atoms with van der Waals surface area (Å²) >= 11 is 0. The number of ether oxygens (including phenoxy) is 1. The number of aliphatic carboxylic acids is 1. The van der Waals surface area contributed by atoms with Crippen LogP contribution in [0.3, 0.4) is 0 Å². The maximum Gasteiger partial charge on any atom is 0.172 e. The van der Waals surface area contributed by atoms with E-state index in [1.54, 1.807) is 24.4 Å². The molecule has 1 aromatic heterocycles. The number of carbonyl (C=O) groups is 2. The van der Waals surface area contributed by atoms with Crippen molar-refractivity contribution in [2.45, 2.75) is 19.4 Å². The Bertz CT molecular complexity index is 684. The fourth-order valence-corrected chi connectivity index (χ4v) is 1.84. The summed E-state index contributed by atoms with van der Waals surface area (Å²) in [5.74, 6) is -1.79. The van der Waals surface area contributed by atoms with Gasteiger partial charge in [-0.3, -0.25) is 9.78 Å². The lowest BCUT2D eigenvalue weighted by Crippen LogP contribution is -2.37. The van der Waals surface area contributed by atoms with Crippen LogP contribution >= 0.6 is 0 Å². The number of carboxylic acid groups (broad SMARTS) is 1. The largest absolute Gasteiger partial charge is 0.546 e. The molecule has 0 spiro atoms. The first-order valence-electron chi connectivity index (χ1n) is 6.61. The zero-order chi connectivity index (χ0) is 16.1. The first-order chi connectivity index (χ1) is 10.5. The van der Waals surface area contributed by atoms with Gasteiger partial charge in [0.25, 0.3) is 0 Å². The summed E-state index contributed by atoms with van der Waals surface area (Å²) in [7, 11) is 0. The van der Waals surface area contributed by atoms with E-state index >= 15 is 0 Å². The summed E-state index contributed by atoms with van der Waals surface area (Å²) in [6.45, 7) is 1.31. The molecule has 0 saturated carbocycles. The molecule has 114 valence electrons. The number of benzene rings is 1. The van der Waals surface area contributed by atoms with E-state index in [-0.39, 0.29) is 29.3 Å².